The van der Waals surface area contributed by atoms with Gasteiger partial charge in [0.2, 0.25) is 0 Å². The molecule has 0 saturated heterocycles. The van der Waals surface area contributed by atoms with Gasteiger partial charge in [0, 0.05) is 6.42 Å². The standard InChI is InChI=1S/C11H20O4/c1-3-7-11(4-2,10(14)15)8-5-6-9(12)13/h3-8H2,1-2H3,(H,12,13)(H,14,15). The van der Waals surface area contributed by atoms with Crippen LogP contribution in [-0.4, -0.2) is 22.2 Å². The summed E-state index contributed by atoms with van der Waals surface area (Å²) in [6.45, 7) is 3.80. The van der Waals surface area contributed by atoms with Crippen LogP contribution in [0.2, 0.25) is 0 Å². The molecule has 0 aromatic rings. The summed E-state index contributed by atoms with van der Waals surface area (Å²) in [6.07, 6.45) is 2.95. The van der Waals surface area contributed by atoms with Gasteiger partial charge >= 0.3 is 11.9 Å². The maximum Gasteiger partial charge on any atom is 0.309 e. The highest BCUT2D eigenvalue weighted by Crippen LogP contribution is 2.34. The van der Waals surface area contributed by atoms with Gasteiger partial charge in [-0.3, -0.25) is 9.59 Å². The van der Waals surface area contributed by atoms with Gasteiger partial charge in [0.1, 0.15) is 0 Å². The summed E-state index contributed by atoms with van der Waals surface area (Å²) in [5, 5.41) is 17.7. The van der Waals surface area contributed by atoms with Crippen LogP contribution in [0.5, 0.6) is 0 Å². The van der Waals surface area contributed by atoms with E-state index in [4.69, 9.17) is 5.11 Å². The van der Waals surface area contributed by atoms with Crippen molar-refractivity contribution < 1.29 is 19.8 Å². The Labute approximate surface area is 90.3 Å². The Hall–Kier alpha value is -1.06. The van der Waals surface area contributed by atoms with Crippen molar-refractivity contribution >= 4 is 11.9 Å². The molecule has 0 bridgehead atoms. The SMILES string of the molecule is CCCC(CC)(CCCC(=O)O)C(=O)O. The topological polar surface area (TPSA) is 74.6 Å². The Morgan fingerprint density at radius 1 is 1.13 bits per heavy atom. The Morgan fingerprint density at radius 3 is 2.07 bits per heavy atom. The summed E-state index contributed by atoms with van der Waals surface area (Å²) < 4.78 is 0. The molecular weight excluding hydrogens is 196 g/mol. The number of carboxylic acids is 2. The zero-order valence-electron chi connectivity index (χ0n) is 9.45. The zero-order chi connectivity index (χ0) is 11.9. The third-order valence-electron chi connectivity index (χ3n) is 2.90. The lowest BCUT2D eigenvalue weighted by Gasteiger charge is -2.27. The Balaban J connectivity index is 4.34. The van der Waals surface area contributed by atoms with Crippen LogP contribution in [0, 0.1) is 5.41 Å². The van der Waals surface area contributed by atoms with Crippen LogP contribution in [-0.2, 0) is 9.59 Å². The monoisotopic (exact) mass is 216 g/mol. The molecule has 0 aliphatic carbocycles. The zero-order valence-corrected chi connectivity index (χ0v) is 9.45. The lowest BCUT2D eigenvalue weighted by atomic mass is 9.76. The summed E-state index contributed by atoms with van der Waals surface area (Å²) in [5.41, 5.74) is -0.718. The van der Waals surface area contributed by atoms with Gasteiger partial charge < -0.3 is 10.2 Å². The number of carbonyl (C=O) groups is 2. The van der Waals surface area contributed by atoms with E-state index in [1.54, 1.807) is 0 Å². The van der Waals surface area contributed by atoms with Gasteiger partial charge in [-0.2, -0.15) is 0 Å². The summed E-state index contributed by atoms with van der Waals surface area (Å²) in [5.74, 6) is -1.65. The smallest absolute Gasteiger partial charge is 0.309 e. The number of aliphatic carboxylic acids is 2. The minimum atomic E-state index is -0.859. The molecule has 0 spiro atoms. The maximum atomic E-state index is 11.2. The predicted octanol–water partition coefficient (Wildman–Crippen LogP) is 2.52. The molecule has 4 heteroatoms. The van der Waals surface area contributed by atoms with E-state index in [2.05, 4.69) is 0 Å². The van der Waals surface area contributed by atoms with Crippen molar-refractivity contribution in [2.75, 3.05) is 0 Å². The van der Waals surface area contributed by atoms with E-state index in [-0.39, 0.29) is 6.42 Å². The summed E-state index contributed by atoms with van der Waals surface area (Å²) in [4.78, 5) is 21.5. The fourth-order valence-corrected chi connectivity index (χ4v) is 1.90. The molecule has 1 atom stereocenters. The first-order valence-electron chi connectivity index (χ1n) is 5.43. The lowest BCUT2D eigenvalue weighted by Crippen LogP contribution is -2.30. The van der Waals surface area contributed by atoms with Gasteiger partial charge in [-0.1, -0.05) is 20.3 Å². The van der Waals surface area contributed by atoms with Crippen molar-refractivity contribution in [1.82, 2.24) is 0 Å². The molecule has 1 unspecified atom stereocenters. The van der Waals surface area contributed by atoms with Crippen LogP contribution in [0.15, 0.2) is 0 Å². The molecule has 0 aliphatic rings. The lowest BCUT2D eigenvalue weighted by molar-refractivity contribution is -0.151. The first-order chi connectivity index (χ1) is 6.98. The van der Waals surface area contributed by atoms with Crippen LogP contribution >= 0.6 is 0 Å². The van der Waals surface area contributed by atoms with Crippen LogP contribution in [0.25, 0.3) is 0 Å². The van der Waals surface area contributed by atoms with Gasteiger partial charge in [-0.25, -0.2) is 0 Å². The fraction of sp³-hybridized carbons (Fsp3) is 0.818. The third-order valence-corrected chi connectivity index (χ3v) is 2.90. The van der Waals surface area contributed by atoms with E-state index in [9.17, 15) is 14.7 Å². The fourth-order valence-electron chi connectivity index (χ4n) is 1.90. The van der Waals surface area contributed by atoms with E-state index in [0.29, 0.717) is 25.7 Å². The molecule has 0 amide bonds. The van der Waals surface area contributed by atoms with Crippen LogP contribution in [0.4, 0.5) is 0 Å². The molecule has 0 saturated carbocycles. The second-order valence-electron chi connectivity index (χ2n) is 3.94. The van der Waals surface area contributed by atoms with Crippen molar-refractivity contribution in [2.24, 2.45) is 5.41 Å². The number of hydrogen-bond acceptors (Lipinski definition) is 2. The minimum Gasteiger partial charge on any atom is -0.481 e. The van der Waals surface area contributed by atoms with Crippen LogP contribution in [0.1, 0.15) is 52.4 Å². The maximum absolute atomic E-state index is 11.2. The van der Waals surface area contributed by atoms with Crippen molar-refractivity contribution in [3.05, 3.63) is 0 Å². The Kier molecular flexibility index (Phi) is 5.97. The van der Waals surface area contributed by atoms with E-state index in [1.807, 2.05) is 13.8 Å². The Bertz CT molecular complexity index is 225. The second-order valence-corrected chi connectivity index (χ2v) is 3.94. The van der Waals surface area contributed by atoms with Crippen molar-refractivity contribution in [3.8, 4) is 0 Å². The summed E-state index contributed by atoms with van der Waals surface area (Å²) >= 11 is 0. The molecule has 0 rings (SSSR count). The molecule has 0 heterocycles. The molecule has 2 N–H and O–H groups in total. The van der Waals surface area contributed by atoms with Gasteiger partial charge in [0.15, 0.2) is 0 Å². The largest absolute Gasteiger partial charge is 0.481 e. The van der Waals surface area contributed by atoms with Crippen molar-refractivity contribution in [2.45, 2.75) is 52.4 Å². The van der Waals surface area contributed by atoms with Crippen molar-refractivity contribution in [3.63, 3.8) is 0 Å². The first-order valence-corrected chi connectivity index (χ1v) is 5.43. The highest BCUT2D eigenvalue weighted by atomic mass is 16.4. The average molecular weight is 216 g/mol. The molecule has 88 valence electrons. The quantitative estimate of drug-likeness (QED) is 0.653. The molecule has 0 radical (unpaired) electrons. The molecular formula is C11H20O4. The second kappa shape index (κ2) is 6.43. The molecule has 0 fully saturated rings. The summed E-state index contributed by atoms with van der Waals surface area (Å²) in [6, 6.07) is 0. The van der Waals surface area contributed by atoms with Crippen LogP contribution < -0.4 is 0 Å². The predicted molar refractivity (Wildman–Crippen MR) is 56.8 cm³/mol. The highest BCUT2D eigenvalue weighted by Gasteiger charge is 2.35. The average Bonchev–Trinajstić information content (AvgIpc) is 2.15. The number of carboxylic acid groups (broad SMARTS) is 2. The van der Waals surface area contributed by atoms with E-state index in [1.165, 1.54) is 0 Å². The molecule has 0 aromatic carbocycles. The summed E-state index contributed by atoms with van der Waals surface area (Å²) in [7, 11) is 0. The van der Waals surface area contributed by atoms with Gasteiger partial charge in [-0.15, -0.1) is 0 Å². The van der Waals surface area contributed by atoms with Gasteiger partial charge in [0.25, 0.3) is 0 Å². The van der Waals surface area contributed by atoms with Crippen LogP contribution in [0.3, 0.4) is 0 Å². The third kappa shape index (κ3) is 4.32. The molecule has 15 heavy (non-hydrogen) atoms. The minimum absolute atomic E-state index is 0.0543. The number of hydrogen-bond donors (Lipinski definition) is 2. The van der Waals surface area contributed by atoms with E-state index in [0.717, 1.165) is 6.42 Å². The molecule has 4 nitrogen and oxygen atoms in total. The molecule has 0 aromatic heterocycles. The van der Waals surface area contributed by atoms with Gasteiger partial charge in [0.05, 0.1) is 5.41 Å². The van der Waals surface area contributed by atoms with Crippen molar-refractivity contribution in [1.29, 1.82) is 0 Å². The van der Waals surface area contributed by atoms with E-state index < -0.39 is 17.4 Å². The highest BCUT2D eigenvalue weighted by molar-refractivity contribution is 5.74. The normalized spacial score (nSPS) is 14.5. The Morgan fingerprint density at radius 2 is 1.73 bits per heavy atom. The molecule has 0 aliphatic heterocycles. The first kappa shape index (κ1) is 13.9. The van der Waals surface area contributed by atoms with E-state index >= 15 is 0 Å². The number of rotatable bonds is 8. The van der Waals surface area contributed by atoms with Gasteiger partial charge in [-0.05, 0) is 25.7 Å².